The van der Waals surface area contributed by atoms with Gasteiger partial charge in [-0.3, -0.25) is 0 Å². The molecule has 1 aliphatic rings. The minimum atomic E-state index is 0.817. The summed E-state index contributed by atoms with van der Waals surface area (Å²) in [5, 5.41) is 4.65. The van der Waals surface area contributed by atoms with Crippen LogP contribution in [0.25, 0.3) is 0 Å². The molecule has 2 unspecified atom stereocenters. The fourth-order valence-electron chi connectivity index (χ4n) is 2.40. The summed E-state index contributed by atoms with van der Waals surface area (Å²) in [6.45, 7) is 3.52. The topological polar surface area (TPSA) is 12.0 Å². The van der Waals surface area contributed by atoms with Crippen LogP contribution in [0.15, 0.2) is 0 Å². The molecular weight excluding hydrogens is 202 g/mol. The Kier molecular flexibility index (Phi) is 7.54. The summed E-state index contributed by atoms with van der Waals surface area (Å²) >= 11 is 2.06. The lowest BCUT2D eigenvalue weighted by molar-refractivity contribution is 0.377. The van der Waals surface area contributed by atoms with Crippen molar-refractivity contribution in [3.8, 4) is 0 Å². The molecule has 1 nitrogen and oxygen atoms in total. The van der Waals surface area contributed by atoms with Gasteiger partial charge in [0.15, 0.2) is 0 Å². The van der Waals surface area contributed by atoms with Gasteiger partial charge >= 0.3 is 0 Å². The summed E-state index contributed by atoms with van der Waals surface area (Å²) < 4.78 is 0. The zero-order chi connectivity index (χ0) is 10.9. The van der Waals surface area contributed by atoms with E-state index in [0.29, 0.717) is 0 Å². The fourth-order valence-corrected chi connectivity index (χ4v) is 3.23. The molecular formula is C13H27NS. The molecule has 1 rings (SSSR count). The number of rotatable bonds is 7. The molecule has 15 heavy (non-hydrogen) atoms. The van der Waals surface area contributed by atoms with Crippen molar-refractivity contribution in [2.75, 3.05) is 12.8 Å². The molecule has 1 fully saturated rings. The molecule has 0 aromatic carbocycles. The van der Waals surface area contributed by atoms with E-state index in [0.717, 1.165) is 11.3 Å². The van der Waals surface area contributed by atoms with Gasteiger partial charge in [-0.25, -0.2) is 0 Å². The lowest BCUT2D eigenvalue weighted by Gasteiger charge is -2.28. The average molecular weight is 229 g/mol. The highest BCUT2D eigenvalue weighted by atomic mass is 32.2. The van der Waals surface area contributed by atoms with Gasteiger partial charge in [0.05, 0.1) is 0 Å². The third-order valence-electron chi connectivity index (χ3n) is 3.42. The second-order valence-corrected chi connectivity index (χ2v) is 5.87. The van der Waals surface area contributed by atoms with E-state index in [9.17, 15) is 0 Å². The zero-order valence-electron chi connectivity index (χ0n) is 10.4. The standard InChI is InChI=1S/C13H27NS/c1-3-4-5-6-10-14-12-8-7-9-13(11-12)15-2/h12-14H,3-11H2,1-2H3. The SMILES string of the molecule is CCCCCCNC1CCCC(SC)C1. The Hall–Kier alpha value is 0.310. The Morgan fingerprint density at radius 2 is 2.07 bits per heavy atom. The highest BCUT2D eigenvalue weighted by Crippen LogP contribution is 2.26. The molecule has 0 aromatic heterocycles. The number of hydrogen-bond donors (Lipinski definition) is 1. The van der Waals surface area contributed by atoms with Crippen LogP contribution < -0.4 is 5.32 Å². The molecule has 0 saturated heterocycles. The van der Waals surface area contributed by atoms with Crippen LogP contribution in [0, 0.1) is 0 Å². The molecule has 2 heteroatoms. The van der Waals surface area contributed by atoms with Crippen LogP contribution in [0.3, 0.4) is 0 Å². The second kappa shape index (κ2) is 8.46. The Labute approximate surface area is 99.8 Å². The molecule has 0 heterocycles. The van der Waals surface area contributed by atoms with Crippen molar-refractivity contribution in [2.24, 2.45) is 0 Å². The number of unbranched alkanes of at least 4 members (excludes halogenated alkanes) is 3. The number of hydrogen-bond acceptors (Lipinski definition) is 2. The molecule has 0 aliphatic heterocycles. The summed E-state index contributed by atoms with van der Waals surface area (Å²) in [4.78, 5) is 0. The fraction of sp³-hybridized carbons (Fsp3) is 1.00. The molecule has 2 atom stereocenters. The van der Waals surface area contributed by atoms with E-state index in [1.165, 1.54) is 57.9 Å². The molecule has 90 valence electrons. The van der Waals surface area contributed by atoms with Gasteiger partial charge in [-0.05, 0) is 38.5 Å². The van der Waals surface area contributed by atoms with Crippen LogP contribution in [-0.2, 0) is 0 Å². The second-order valence-electron chi connectivity index (χ2n) is 4.74. The molecule has 0 aromatic rings. The van der Waals surface area contributed by atoms with Crippen molar-refractivity contribution in [2.45, 2.75) is 69.6 Å². The van der Waals surface area contributed by atoms with E-state index >= 15 is 0 Å². The van der Waals surface area contributed by atoms with E-state index in [4.69, 9.17) is 0 Å². The predicted molar refractivity (Wildman–Crippen MR) is 71.7 cm³/mol. The van der Waals surface area contributed by atoms with Crippen LogP contribution in [0.2, 0.25) is 0 Å². The minimum absolute atomic E-state index is 0.817. The first-order valence-corrected chi connectivity index (χ1v) is 7.91. The van der Waals surface area contributed by atoms with Crippen molar-refractivity contribution >= 4 is 11.8 Å². The van der Waals surface area contributed by atoms with Crippen LogP contribution in [-0.4, -0.2) is 24.1 Å². The van der Waals surface area contributed by atoms with Crippen LogP contribution in [0.4, 0.5) is 0 Å². The third kappa shape index (κ3) is 5.82. The predicted octanol–water partition coefficient (Wildman–Crippen LogP) is 3.83. The van der Waals surface area contributed by atoms with E-state index < -0.39 is 0 Å². The van der Waals surface area contributed by atoms with Gasteiger partial charge in [0, 0.05) is 11.3 Å². The molecule has 0 spiro atoms. The Bertz CT molecular complexity index is 149. The highest BCUT2D eigenvalue weighted by molar-refractivity contribution is 7.99. The lowest BCUT2D eigenvalue weighted by Crippen LogP contribution is -2.35. The molecule has 0 radical (unpaired) electrons. The normalized spacial score (nSPS) is 26.8. The Morgan fingerprint density at radius 3 is 2.80 bits per heavy atom. The first kappa shape index (κ1) is 13.4. The van der Waals surface area contributed by atoms with E-state index in [1.807, 2.05) is 0 Å². The summed E-state index contributed by atoms with van der Waals surface area (Å²) in [6, 6.07) is 0.817. The number of nitrogens with one attached hydrogen (secondary N) is 1. The third-order valence-corrected chi connectivity index (χ3v) is 4.52. The lowest BCUT2D eigenvalue weighted by atomic mass is 9.95. The van der Waals surface area contributed by atoms with E-state index in [-0.39, 0.29) is 0 Å². The summed E-state index contributed by atoms with van der Waals surface area (Å²) in [5.74, 6) is 0. The van der Waals surface area contributed by atoms with Gasteiger partial charge in [-0.15, -0.1) is 0 Å². The van der Waals surface area contributed by atoms with Gasteiger partial charge in [0.1, 0.15) is 0 Å². The minimum Gasteiger partial charge on any atom is -0.314 e. The molecule has 1 aliphatic carbocycles. The highest BCUT2D eigenvalue weighted by Gasteiger charge is 2.20. The van der Waals surface area contributed by atoms with Gasteiger partial charge in [0.2, 0.25) is 0 Å². The van der Waals surface area contributed by atoms with Gasteiger partial charge < -0.3 is 5.32 Å². The average Bonchev–Trinajstić information content (AvgIpc) is 2.29. The van der Waals surface area contributed by atoms with Crippen LogP contribution in [0.1, 0.15) is 58.3 Å². The Balaban J connectivity index is 2.00. The molecule has 1 N–H and O–H groups in total. The van der Waals surface area contributed by atoms with Crippen LogP contribution in [0.5, 0.6) is 0 Å². The summed E-state index contributed by atoms with van der Waals surface area (Å²) in [5.41, 5.74) is 0. The molecule has 1 saturated carbocycles. The van der Waals surface area contributed by atoms with Crippen molar-refractivity contribution in [1.29, 1.82) is 0 Å². The maximum absolute atomic E-state index is 3.73. The summed E-state index contributed by atoms with van der Waals surface area (Å²) in [7, 11) is 0. The van der Waals surface area contributed by atoms with Gasteiger partial charge in [-0.2, -0.15) is 11.8 Å². The van der Waals surface area contributed by atoms with E-state index in [2.05, 4.69) is 30.3 Å². The maximum Gasteiger partial charge on any atom is 0.00776 e. The van der Waals surface area contributed by atoms with E-state index in [1.54, 1.807) is 0 Å². The monoisotopic (exact) mass is 229 g/mol. The van der Waals surface area contributed by atoms with Crippen molar-refractivity contribution < 1.29 is 0 Å². The van der Waals surface area contributed by atoms with Crippen molar-refractivity contribution in [3.63, 3.8) is 0 Å². The molecule has 0 bridgehead atoms. The zero-order valence-corrected chi connectivity index (χ0v) is 11.2. The Morgan fingerprint density at radius 1 is 1.20 bits per heavy atom. The van der Waals surface area contributed by atoms with Gasteiger partial charge in [0.25, 0.3) is 0 Å². The first-order chi connectivity index (χ1) is 7.36. The van der Waals surface area contributed by atoms with Crippen molar-refractivity contribution in [1.82, 2.24) is 5.32 Å². The maximum atomic E-state index is 3.73. The van der Waals surface area contributed by atoms with Crippen molar-refractivity contribution in [3.05, 3.63) is 0 Å². The quantitative estimate of drug-likeness (QED) is 0.666. The van der Waals surface area contributed by atoms with Crippen LogP contribution >= 0.6 is 11.8 Å². The smallest absolute Gasteiger partial charge is 0.00776 e. The number of thioether (sulfide) groups is 1. The molecule has 0 amide bonds. The summed E-state index contributed by atoms with van der Waals surface area (Å²) in [6.07, 6.45) is 13.5. The first-order valence-electron chi connectivity index (χ1n) is 6.63. The van der Waals surface area contributed by atoms with Gasteiger partial charge in [-0.1, -0.05) is 32.6 Å². The largest absolute Gasteiger partial charge is 0.314 e.